The number of halogens is 6. The second kappa shape index (κ2) is 5.91. The van der Waals surface area contributed by atoms with Crippen molar-refractivity contribution in [1.82, 2.24) is 9.97 Å². The fourth-order valence-corrected chi connectivity index (χ4v) is 2.22. The van der Waals surface area contributed by atoms with Crippen molar-refractivity contribution in [2.24, 2.45) is 0 Å². The van der Waals surface area contributed by atoms with Crippen LogP contribution in [0, 0.1) is 0 Å². The van der Waals surface area contributed by atoms with Crippen LogP contribution in [0.2, 0.25) is 0 Å². The first-order valence-corrected chi connectivity index (χ1v) is 6.84. The Morgan fingerprint density at radius 3 is 2.04 bits per heavy atom. The van der Waals surface area contributed by atoms with E-state index in [2.05, 4.69) is 14.4 Å². The van der Waals surface area contributed by atoms with Gasteiger partial charge in [-0.1, -0.05) is 30.3 Å². The largest absolute Gasteiger partial charge is 0.451 e. The van der Waals surface area contributed by atoms with Crippen LogP contribution in [0.3, 0.4) is 0 Å². The average Bonchev–Trinajstić information content (AvgIpc) is 3.01. The first-order chi connectivity index (χ1) is 11.7. The molecule has 9 heteroatoms. The standard InChI is InChI=1S/C16H8F6N2O/c17-15(18,19)12-13(16(20,21)22)25-14(24-12)10-7-4-8-23-11(10)9-5-2-1-3-6-9/h1-8H. The maximum atomic E-state index is 12.9. The third-order valence-electron chi connectivity index (χ3n) is 3.24. The quantitative estimate of drug-likeness (QED) is 0.573. The zero-order valence-corrected chi connectivity index (χ0v) is 12.2. The first-order valence-electron chi connectivity index (χ1n) is 6.84. The van der Waals surface area contributed by atoms with Gasteiger partial charge in [0.2, 0.25) is 11.7 Å². The summed E-state index contributed by atoms with van der Waals surface area (Å²) in [5.41, 5.74) is -1.53. The van der Waals surface area contributed by atoms with Gasteiger partial charge in [-0.2, -0.15) is 26.3 Å². The fourth-order valence-electron chi connectivity index (χ4n) is 2.22. The van der Waals surface area contributed by atoms with Crippen LogP contribution in [0.1, 0.15) is 11.5 Å². The van der Waals surface area contributed by atoms with Gasteiger partial charge in [0.15, 0.2) is 5.69 Å². The van der Waals surface area contributed by atoms with Crippen LogP contribution in [-0.4, -0.2) is 9.97 Å². The maximum Gasteiger partial charge on any atom is 0.451 e. The second-order valence-electron chi connectivity index (χ2n) is 4.96. The third kappa shape index (κ3) is 3.35. The van der Waals surface area contributed by atoms with Crippen LogP contribution in [0.5, 0.6) is 0 Å². The molecular formula is C16H8F6N2O. The number of oxazole rings is 1. The van der Waals surface area contributed by atoms with Crippen LogP contribution >= 0.6 is 0 Å². The van der Waals surface area contributed by atoms with Gasteiger partial charge in [-0.25, -0.2) is 4.98 Å². The number of rotatable bonds is 2. The summed E-state index contributed by atoms with van der Waals surface area (Å²) >= 11 is 0. The highest BCUT2D eigenvalue weighted by molar-refractivity contribution is 5.76. The fraction of sp³-hybridized carbons (Fsp3) is 0.125. The number of hydrogen-bond donors (Lipinski definition) is 0. The molecule has 0 unspecified atom stereocenters. The van der Waals surface area contributed by atoms with Crippen molar-refractivity contribution < 1.29 is 30.8 Å². The molecule has 2 heterocycles. The highest BCUT2D eigenvalue weighted by atomic mass is 19.4. The molecule has 0 spiro atoms. The molecule has 3 rings (SSSR count). The number of nitrogens with zero attached hydrogens (tertiary/aromatic N) is 2. The van der Waals surface area contributed by atoms with E-state index >= 15 is 0 Å². The van der Waals surface area contributed by atoms with Gasteiger partial charge in [-0.3, -0.25) is 4.98 Å². The molecule has 0 bridgehead atoms. The zero-order valence-electron chi connectivity index (χ0n) is 12.2. The molecule has 0 fully saturated rings. The van der Waals surface area contributed by atoms with Gasteiger partial charge in [0, 0.05) is 11.8 Å². The van der Waals surface area contributed by atoms with E-state index in [0.717, 1.165) is 0 Å². The van der Waals surface area contributed by atoms with Crippen LogP contribution in [0.4, 0.5) is 26.3 Å². The lowest BCUT2D eigenvalue weighted by Gasteiger charge is -2.06. The Morgan fingerprint density at radius 2 is 1.48 bits per heavy atom. The van der Waals surface area contributed by atoms with Gasteiger partial charge in [-0.05, 0) is 12.1 Å². The molecule has 0 aliphatic heterocycles. The van der Waals surface area contributed by atoms with Crippen molar-refractivity contribution in [1.29, 1.82) is 0 Å². The smallest absolute Gasteiger partial charge is 0.431 e. The lowest BCUT2D eigenvalue weighted by molar-refractivity contribution is -0.173. The Balaban J connectivity index is 2.21. The molecule has 130 valence electrons. The van der Waals surface area contributed by atoms with Crippen molar-refractivity contribution in [2.75, 3.05) is 0 Å². The normalized spacial score (nSPS) is 12.4. The number of alkyl halides is 6. The summed E-state index contributed by atoms with van der Waals surface area (Å²) in [4.78, 5) is 7.08. The summed E-state index contributed by atoms with van der Waals surface area (Å²) in [6, 6.07) is 10.9. The van der Waals surface area contributed by atoms with Crippen molar-refractivity contribution in [3.63, 3.8) is 0 Å². The van der Waals surface area contributed by atoms with E-state index in [4.69, 9.17) is 0 Å². The molecule has 0 radical (unpaired) electrons. The van der Waals surface area contributed by atoms with Gasteiger partial charge in [0.25, 0.3) is 0 Å². The van der Waals surface area contributed by atoms with Crippen molar-refractivity contribution in [3.05, 3.63) is 60.1 Å². The molecule has 0 N–H and O–H groups in total. The van der Waals surface area contributed by atoms with E-state index in [0.29, 0.717) is 5.56 Å². The molecule has 25 heavy (non-hydrogen) atoms. The Morgan fingerprint density at radius 1 is 0.800 bits per heavy atom. The molecule has 0 aliphatic rings. The van der Waals surface area contributed by atoms with Gasteiger partial charge in [-0.15, -0.1) is 0 Å². The Kier molecular flexibility index (Phi) is 4.02. The van der Waals surface area contributed by atoms with Crippen LogP contribution < -0.4 is 0 Å². The molecule has 3 nitrogen and oxygen atoms in total. The van der Waals surface area contributed by atoms with E-state index in [1.165, 1.54) is 18.3 Å². The molecule has 0 amide bonds. The molecule has 0 saturated heterocycles. The van der Waals surface area contributed by atoms with Gasteiger partial charge in [0.05, 0.1) is 11.3 Å². The summed E-state index contributed by atoms with van der Waals surface area (Å²) in [6.45, 7) is 0. The highest BCUT2D eigenvalue weighted by Gasteiger charge is 2.49. The summed E-state index contributed by atoms with van der Waals surface area (Å²) in [5, 5.41) is 0. The molecular weight excluding hydrogens is 350 g/mol. The van der Waals surface area contributed by atoms with Crippen LogP contribution in [0.25, 0.3) is 22.7 Å². The molecule has 1 aromatic carbocycles. The predicted octanol–water partition coefficient (Wildman–Crippen LogP) is 5.44. The van der Waals surface area contributed by atoms with Crippen LogP contribution in [-0.2, 0) is 12.4 Å². The topological polar surface area (TPSA) is 38.9 Å². The molecule has 0 aliphatic carbocycles. The minimum absolute atomic E-state index is 0.0744. The number of aromatic nitrogens is 2. The SMILES string of the molecule is FC(F)(F)c1nc(-c2cccnc2-c2ccccc2)oc1C(F)(F)F. The Hall–Kier alpha value is -2.84. The molecule has 3 aromatic rings. The minimum Gasteiger partial charge on any atom is -0.431 e. The second-order valence-corrected chi connectivity index (χ2v) is 4.96. The molecule has 0 atom stereocenters. The zero-order chi connectivity index (χ0) is 18.2. The molecule has 2 aromatic heterocycles. The first kappa shape index (κ1) is 17.0. The lowest BCUT2D eigenvalue weighted by atomic mass is 10.1. The van der Waals surface area contributed by atoms with Crippen LogP contribution in [0.15, 0.2) is 53.1 Å². The van der Waals surface area contributed by atoms with Gasteiger partial charge < -0.3 is 4.42 Å². The Bertz CT molecular complexity index is 852. The minimum atomic E-state index is -5.33. The summed E-state index contributed by atoms with van der Waals surface area (Å²) in [7, 11) is 0. The summed E-state index contributed by atoms with van der Waals surface area (Å²) in [5.74, 6) is -2.98. The van der Waals surface area contributed by atoms with E-state index in [-0.39, 0.29) is 11.3 Å². The number of hydrogen-bond acceptors (Lipinski definition) is 3. The highest BCUT2D eigenvalue weighted by Crippen LogP contribution is 2.43. The predicted molar refractivity (Wildman–Crippen MR) is 75.2 cm³/mol. The monoisotopic (exact) mass is 358 g/mol. The summed E-state index contributed by atoms with van der Waals surface area (Å²) in [6.07, 6.45) is -9.27. The van der Waals surface area contributed by atoms with Gasteiger partial charge >= 0.3 is 12.4 Å². The molecule has 0 saturated carbocycles. The average molecular weight is 358 g/mol. The lowest BCUT2D eigenvalue weighted by Crippen LogP contribution is -2.15. The van der Waals surface area contributed by atoms with E-state index in [1.807, 2.05) is 0 Å². The third-order valence-corrected chi connectivity index (χ3v) is 3.24. The van der Waals surface area contributed by atoms with Gasteiger partial charge in [0.1, 0.15) is 0 Å². The van der Waals surface area contributed by atoms with Crippen molar-refractivity contribution in [3.8, 4) is 22.7 Å². The van der Waals surface area contributed by atoms with Crippen molar-refractivity contribution in [2.45, 2.75) is 12.4 Å². The van der Waals surface area contributed by atoms with E-state index in [9.17, 15) is 26.3 Å². The van der Waals surface area contributed by atoms with E-state index < -0.39 is 29.7 Å². The number of benzene rings is 1. The maximum absolute atomic E-state index is 12.9. The summed E-state index contributed by atoms with van der Waals surface area (Å²) < 4.78 is 81.8. The Labute approximate surface area is 137 Å². The van der Waals surface area contributed by atoms with Crippen molar-refractivity contribution >= 4 is 0 Å². The number of pyridine rings is 1. The van der Waals surface area contributed by atoms with E-state index in [1.54, 1.807) is 30.3 Å².